The van der Waals surface area contributed by atoms with Gasteiger partial charge in [0.25, 0.3) is 5.91 Å². The van der Waals surface area contributed by atoms with Crippen LogP contribution in [0, 0.1) is 0 Å². The number of nitrogens with zero attached hydrogens (tertiary/aromatic N) is 5. The lowest BCUT2D eigenvalue weighted by Crippen LogP contribution is -2.58. The van der Waals surface area contributed by atoms with Crippen molar-refractivity contribution in [2.24, 2.45) is 0 Å². The van der Waals surface area contributed by atoms with Crippen LogP contribution >= 0.6 is 22.9 Å². The summed E-state index contributed by atoms with van der Waals surface area (Å²) >= 11 is 7.47. The highest BCUT2D eigenvalue weighted by molar-refractivity contribution is 7.87. The molecule has 3 aliphatic heterocycles. The number of amides is 2. The lowest BCUT2D eigenvalue weighted by molar-refractivity contribution is -0.136. The molecule has 2 aromatic heterocycles. The molecule has 14 heteroatoms. The van der Waals surface area contributed by atoms with Crippen LogP contribution in [-0.2, 0) is 32.7 Å². The van der Waals surface area contributed by atoms with Crippen molar-refractivity contribution in [3.63, 3.8) is 0 Å². The summed E-state index contributed by atoms with van der Waals surface area (Å²) in [6, 6.07) is 4.85. The maximum atomic E-state index is 13.8. The Morgan fingerprint density at radius 1 is 1.15 bits per heavy atom. The first-order valence-electron chi connectivity index (χ1n) is 13.4. The molecule has 2 fully saturated rings. The minimum absolute atomic E-state index is 0.00309. The van der Waals surface area contributed by atoms with Crippen LogP contribution in [0.15, 0.2) is 30.6 Å². The average Bonchev–Trinajstić information content (AvgIpc) is 3.57. The minimum Gasteiger partial charge on any atom is -0.378 e. The average molecular weight is 607 g/mol. The smallest absolute Gasteiger partial charge is 0.307 e. The zero-order chi connectivity index (χ0) is 28.0. The summed E-state index contributed by atoms with van der Waals surface area (Å²) in [5, 5.41) is 5.75. The molecule has 0 spiro atoms. The molecule has 1 aromatic carbocycles. The molecule has 6 rings (SSSR count). The third kappa shape index (κ3) is 5.38. The normalized spacial score (nSPS) is 22.4. The van der Waals surface area contributed by atoms with E-state index in [9.17, 15) is 18.0 Å². The monoisotopic (exact) mass is 606 g/mol. The van der Waals surface area contributed by atoms with Crippen LogP contribution in [0.2, 0.25) is 5.02 Å². The van der Waals surface area contributed by atoms with Crippen LogP contribution < -0.4 is 5.32 Å². The highest BCUT2D eigenvalue weighted by atomic mass is 35.5. The molecule has 0 bridgehead atoms. The highest BCUT2D eigenvalue weighted by Crippen LogP contribution is 2.28. The first-order chi connectivity index (χ1) is 19.2. The van der Waals surface area contributed by atoms with Crippen LogP contribution in [0.3, 0.4) is 0 Å². The molecule has 11 nitrogen and oxygen atoms in total. The summed E-state index contributed by atoms with van der Waals surface area (Å²) in [7, 11) is -3.95. The highest BCUT2D eigenvalue weighted by Gasteiger charge is 2.39. The van der Waals surface area contributed by atoms with Crippen LogP contribution in [0.4, 0.5) is 0 Å². The molecule has 2 atom stereocenters. The van der Waals surface area contributed by atoms with E-state index >= 15 is 0 Å². The van der Waals surface area contributed by atoms with Gasteiger partial charge in [-0.25, -0.2) is 8.96 Å². The van der Waals surface area contributed by atoms with Gasteiger partial charge in [-0.2, -0.15) is 12.7 Å². The number of piperazine rings is 1. The first kappa shape index (κ1) is 27.6. The van der Waals surface area contributed by atoms with Crippen molar-refractivity contribution in [2.45, 2.75) is 38.4 Å². The third-order valence-corrected chi connectivity index (χ3v) is 10.8. The lowest BCUT2D eigenvalue weighted by Gasteiger charge is -2.41. The number of carbonyl (C=O) groups excluding carboxylic acids is 2. The van der Waals surface area contributed by atoms with E-state index in [1.807, 2.05) is 0 Å². The molecule has 5 heterocycles. The number of halogens is 1. The maximum absolute atomic E-state index is 13.8. The van der Waals surface area contributed by atoms with E-state index in [2.05, 4.69) is 17.2 Å². The second-order valence-corrected chi connectivity index (χ2v) is 13.8. The van der Waals surface area contributed by atoms with Gasteiger partial charge in [-0.1, -0.05) is 17.7 Å². The summed E-state index contributed by atoms with van der Waals surface area (Å²) in [4.78, 5) is 36.1. The Morgan fingerprint density at radius 2 is 1.93 bits per heavy atom. The van der Waals surface area contributed by atoms with E-state index < -0.39 is 16.3 Å². The molecule has 2 unspecified atom stereocenters. The third-order valence-electron chi connectivity index (χ3n) is 7.73. The molecule has 2 saturated heterocycles. The summed E-state index contributed by atoms with van der Waals surface area (Å²) in [5.41, 5.74) is 0.932. The molecule has 0 radical (unpaired) electrons. The largest absolute Gasteiger partial charge is 0.378 e. The fraction of sp³-hybridized carbons (Fsp3) is 0.500. The van der Waals surface area contributed by atoms with E-state index in [-0.39, 0.29) is 43.9 Å². The number of aromatic nitrogens is 2. The Hall–Kier alpha value is -2.55. The van der Waals surface area contributed by atoms with Crippen molar-refractivity contribution in [3.05, 3.63) is 51.2 Å². The van der Waals surface area contributed by atoms with Crippen LogP contribution in [0.25, 0.3) is 10.8 Å². The van der Waals surface area contributed by atoms with Crippen molar-refractivity contribution < 1.29 is 22.7 Å². The Kier molecular flexibility index (Phi) is 7.61. The molecule has 2 amide bonds. The van der Waals surface area contributed by atoms with Gasteiger partial charge in [-0.15, -0.1) is 11.3 Å². The lowest BCUT2D eigenvalue weighted by atomic mass is 10.1. The zero-order valence-electron chi connectivity index (χ0n) is 22.1. The molecule has 3 aromatic rings. The second kappa shape index (κ2) is 11.0. The van der Waals surface area contributed by atoms with E-state index in [4.69, 9.17) is 16.3 Å². The molecule has 214 valence electrons. The number of thiazole rings is 1. The SMILES string of the molecule is CC1Cc2nc(C(=O)N3CCN(S(=O)(=O)n4cc5ccc(Cl)cc5c4)CC3CC(=O)N3CCOCC3)sc2CN1. The van der Waals surface area contributed by atoms with Gasteiger partial charge in [0.1, 0.15) is 0 Å². The fourth-order valence-electron chi connectivity index (χ4n) is 5.50. The van der Waals surface area contributed by atoms with E-state index in [0.717, 1.165) is 22.4 Å². The number of rotatable bonds is 5. The summed E-state index contributed by atoms with van der Waals surface area (Å²) < 4.78 is 35.3. The van der Waals surface area contributed by atoms with Gasteiger partial charge in [-0.05, 0) is 19.1 Å². The van der Waals surface area contributed by atoms with E-state index in [0.29, 0.717) is 48.3 Å². The minimum atomic E-state index is -3.95. The maximum Gasteiger partial charge on any atom is 0.307 e. The number of carbonyl (C=O) groups is 2. The number of ether oxygens (including phenoxy) is 1. The van der Waals surface area contributed by atoms with Gasteiger partial charge in [0.15, 0.2) is 5.01 Å². The molecular formula is C26H31ClN6O5S2. The second-order valence-electron chi connectivity index (χ2n) is 10.5. The number of hydrogen-bond donors (Lipinski definition) is 1. The number of hydrogen-bond acceptors (Lipinski definition) is 8. The Labute approximate surface area is 241 Å². The molecule has 0 aliphatic carbocycles. The first-order valence-corrected chi connectivity index (χ1v) is 15.9. The fourth-order valence-corrected chi connectivity index (χ4v) is 8.11. The van der Waals surface area contributed by atoms with Crippen molar-refractivity contribution in [3.8, 4) is 0 Å². The van der Waals surface area contributed by atoms with Crippen molar-refractivity contribution in [2.75, 3.05) is 45.9 Å². The molecule has 3 aliphatic rings. The molecular weight excluding hydrogens is 576 g/mol. The standard InChI is InChI=1S/C26H31ClN6O5S2/c1-17-10-22-23(13-28-17)39-25(29-22)26(35)33-5-4-31(16-21(33)12-24(34)30-6-8-38-9-7-30)40(36,37)32-14-18-2-3-20(27)11-19(18)15-32/h2-3,11,14-15,17,21,28H,4-10,12-13,16H2,1H3. The molecule has 1 N–H and O–H groups in total. The van der Waals surface area contributed by atoms with Crippen molar-refractivity contribution >= 4 is 55.7 Å². The van der Waals surface area contributed by atoms with Crippen LogP contribution in [0.1, 0.15) is 33.7 Å². The summed E-state index contributed by atoms with van der Waals surface area (Å²) in [5.74, 6) is -0.381. The van der Waals surface area contributed by atoms with Gasteiger partial charge >= 0.3 is 10.2 Å². The predicted octanol–water partition coefficient (Wildman–Crippen LogP) is 1.95. The Bertz CT molecular complexity index is 1550. The molecule has 40 heavy (non-hydrogen) atoms. The van der Waals surface area contributed by atoms with Crippen molar-refractivity contribution in [1.82, 2.24) is 28.4 Å². The van der Waals surface area contributed by atoms with E-state index in [1.165, 1.54) is 25.8 Å². The summed E-state index contributed by atoms with van der Waals surface area (Å²) in [6.45, 7) is 4.89. The van der Waals surface area contributed by atoms with Gasteiger partial charge in [-0.3, -0.25) is 9.59 Å². The number of fused-ring (bicyclic) bond motifs is 2. The topological polar surface area (TPSA) is 117 Å². The van der Waals surface area contributed by atoms with Gasteiger partial charge in [0.05, 0.1) is 24.9 Å². The van der Waals surface area contributed by atoms with Gasteiger partial charge in [0.2, 0.25) is 5.91 Å². The van der Waals surface area contributed by atoms with Crippen LogP contribution in [0.5, 0.6) is 0 Å². The quantitative estimate of drug-likeness (QED) is 0.472. The Balaban J connectivity index is 1.27. The molecule has 0 saturated carbocycles. The zero-order valence-corrected chi connectivity index (χ0v) is 24.5. The van der Waals surface area contributed by atoms with E-state index in [1.54, 1.807) is 34.2 Å². The predicted molar refractivity (Wildman–Crippen MR) is 152 cm³/mol. The number of benzene rings is 1. The van der Waals surface area contributed by atoms with Gasteiger partial charge in [0, 0.05) is 91.2 Å². The summed E-state index contributed by atoms with van der Waals surface area (Å²) in [6.07, 6.45) is 3.86. The Morgan fingerprint density at radius 3 is 2.73 bits per heavy atom. The van der Waals surface area contributed by atoms with Gasteiger partial charge < -0.3 is 19.9 Å². The number of morpholine rings is 1. The number of nitrogens with one attached hydrogen (secondary N) is 1. The van der Waals surface area contributed by atoms with Crippen molar-refractivity contribution in [1.29, 1.82) is 0 Å². The van der Waals surface area contributed by atoms with Crippen LogP contribution in [-0.4, -0.2) is 101 Å².